The monoisotopic (exact) mass is 586 g/mol. The summed E-state index contributed by atoms with van der Waals surface area (Å²) in [6.07, 6.45) is 0.979. The van der Waals surface area contributed by atoms with Crippen LogP contribution in [0.2, 0.25) is 0 Å². The minimum Gasteiger partial charge on any atom is -0.421 e. The molecule has 0 aromatic heterocycles. The Kier molecular flexibility index (Phi) is 36.8. The van der Waals surface area contributed by atoms with Crippen molar-refractivity contribution in [2.75, 3.05) is 12.5 Å². The van der Waals surface area contributed by atoms with E-state index in [1.807, 2.05) is 0 Å². The smallest absolute Gasteiger partial charge is 0.411 e. The fraction of sp³-hybridized carbons (Fsp3) is 1.00. The van der Waals surface area contributed by atoms with Crippen LogP contribution in [-0.4, -0.2) is 39.2 Å². The van der Waals surface area contributed by atoms with Crippen LogP contribution in [-0.2, 0) is 144 Å². The zero-order valence-electron chi connectivity index (χ0n) is 7.20. The second-order valence-corrected chi connectivity index (χ2v) is 7.82. The zero-order chi connectivity index (χ0) is 7.40. The van der Waals surface area contributed by atoms with Crippen molar-refractivity contribution in [2.24, 2.45) is 0 Å². The van der Waals surface area contributed by atoms with Crippen LogP contribution in [0.5, 0.6) is 0 Å². The van der Waals surface area contributed by atoms with E-state index in [1.54, 1.807) is 0 Å². The van der Waals surface area contributed by atoms with E-state index in [4.69, 9.17) is 35.1 Å². The molecule has 0 aromatic rings. The normalized spacial score (nSPS) is 18.4. The third-order valence-electron chi connectivity index (χ3n) is 0.736. The quantitative estimate of drug-likeness (QED) is 0.298. The Labute approximate surface area is 200 Å². The van der Waals surface area contributed by atoms with Crippen LogP contribution >= 0.6 is 22.2 Å². The van der Waals surface area contributed by atoms with E-state index < -0.39 is 16.7 Å². The SMILES string of the molecule is Cl[Si]1COC[Si](Cl)O[Si]O1.[Y].[Y].[Y].[Y]. The maximum absolute atomic E-state index is 5.69. The molecule has 14 heavy (non-hydrogen) atoms. The van der Waals surface area contributed by atoms with Gasteiger partial charge in [-0.2, -0.15) is 0 Å². The molecule has 1 aliphatic heterocycles. The largest absolute Gasteiger partial charge is 0.421 e. The molecular formula is C2H4Cl2O3Si3Y4. The Balaban J connectivity index is -0.000000125. The molecule has 68 valence electrons. The first-order valence-corrected chi connectivity index (χ1v) is 8.55. The number of halogens is 2. The van der Waals surface area contributed by atoms with Crippen LogP contribution in [0.3, 0.4) is 0 Å². The molecular weight excluding hydrogens is 583 g/mol. The molecule has 1 heterocycles. The van der Waals surface area contributed by atoms with Crippen LogP contribution in [0.4, 0.5) is 0 Å². The van der Waals surface area contributed by atoms with E-state index in [-0.39, 0.29) is 141 Å². The van der Waals surface area contributed by atoms with E-state index in [2.05, 4.69) is 0 Å². The molecule has 1 fully saturated rings. The van der Waals surface area contributed by atoms with Crippen molar-refractivity contribution < 1.29 is 144 Å². The third-order valence-corrected chi connectivity index (χ3v) is 6.08. The van der Waals surface area contributed by atoms with Gasteiger partial charge in [-0.15, -0.1) is 22.2 Å². The number of hydrogen-bond donors (Lipinski definition) is 0. The minimum atomic E-state index is -1.28. The van der Waals surface area contributed by atoms with Crippen molar-refractivity contribution >= 4 is 48.9 Å². The molecule has 12 heteroatoms. The third kappa shape index (κ3) is 15.6. The van der Waals surface area contributed by atoms with Gasteiger partial charge in [0.1, 0.15) is 0 Å². The topological polar surface area (TPSA) is 27.7 Å². The first-order valence-electron chi connectivity index (χ1n) is 2.48. The summed E-state index contributed by atoms with van der Waals surface area (Å²) in [5.41, 5.74) is 0. The Morgan fingerprint density at radius 2 is 1.21 bits per heavy atom. The maximum Gasteiger partial charge on any atom is 0.411 e. The molecule has 1 saturated heterocycles. The summed E-state index contributed by atoms with van der Waals surface area (Å²) in [5, 5.41) is 0. The van der Waals surface area contributed by atoms with Gasteiger partial charge in [-0.25, -0.2) is 0 Å². The maximum atomic E-state index is 5.69. The van der Waals surface area contributed by atoms with Gasteiger partial charge in [0.05, 0.1) is 12.5 Å². The van der Waals surface area contributed by atoms with E-state index in [9.17, 15) is 0 Å². The molecule has 0 aliphatic carbocycles. The summed E-state index contributed by atoms with van der Waals surface area (Å²) in [7, 11) is -2.56. The fourth-order valence-electron chi connectivity index (χ4n) is 0.382. The van der Waals surface area contributed by atoms with Crippen molar-refractivity contribution in [3.05, 3.63) is 0 Å². The second kappa shape index (κ2) is 18.5. The minimum absolute atomic E-state index is 0. The predicted octanol–water partition coefficient (Wildman–Crippen LogP) is 0.106. The Bertz CT molecular complexity index is 97.8. The van der Waals surface area contributed by atoms with Crippen LogP contribution in [0, 0.1) is 0 Å². The van der Waals surface area contributed by atoms with Gasteiger partial charge in [-0.3, -0.25) is 0 Å². The summed E-state index contributed by atoms with van der Waals surface area (Å²) in [4.78, 5) is 0. The summed E-state index contributed by atoms with van der Waals surface area (Å²) >= 11 is 11.4. The number of hydrogen-bond acceptors (Lipinski definition) is 3. The van der Waals surface area contributed by atoms with Gasteiger partial charge >= 0.3 is 26.7 Å². The molecule has 0 aromatic carbocycles. The average molecular weight is 587 g/mol. The molecule has 1 rings (SSSR count). The predicted molar refractivity (Wildman–Crippen MR) is 42.0 cm³/mol. The summed E-state index contributed by atoms with van der Waals surface area (Å²) in [6, 6.07) is 0. The molecule has 3 nitrogen and oxygen atoms in total. The van der Waals surface area contributed by atoms with Crippen molar-refractivity contribution in [1.29, 1.82) is 0 Å². The van der Waals surface area contributed by atoms with E-state index in [1.165, 1.54) is 0 Å². The van der Waals surface area contributed by atoms with E-state index >= 15 is 0 Å². The van der Waals surface area contributed by atoms with Crippen molar-refractivity contribution in [1.82, 2.24) is 0 Å². The van der Waals surface area contributed by atoms with Gasteiger partial charge in [0.25, 0.3) is 0 Å². The first kappa shape index (κ1) is 27.8. The van der Waals surface area contributed by atoms with Crippen LogP contribution in [0.25, 0.3) is 0 Å². The van der Waals surface area contributed by atoms with Gasteiger partial charge in [-0.05, 0) is 0 Å². The molecule has 0 N–H and O–H groups in total. The van der Waals surface area contributed by atoms with Crippen LogP contribution < -0.4 is 0 Å². The van der Waals surface area contributed by atoms with Crippen LogP contribution in [0.15, 0.2) is 0 Å². The Morgan fingerprint density at radius 1 is 0.857 bits per heavy atom. The van der Waals surface area contributed by atoms with Crippen molar-refractivity contribution in [3.8, 4) is 0 Å². The molecule has 0 amide bonds. The summed E-state index contributed by atoms with van der Waals surface area (Å²) in [6.45, 7) is 0. The van der Waals surface area contributed by atoms with E-state index in [0.29, 0.717) is 12.5 Å². The molecule has 0 saturated carbocycles. The summed E-state index contributed by atoms with van der Waals surface area (Å²) < 4.78 is 15.2. The van der Waals surface area contributed by atoms with Crippen LogP contribution in [0.1, 0.15) is 0 Å². The zero-order valence-corrected chi connectivity index (χ0v) is 23.1. The standard InChI is InChI=1S/C2H4Cl2O3Si3.4Y/c3-9-1-5-2-10(4)7-8-6-9;;;;/h1-2H2;;;;. The van der Waals surface area contributed by atoms with E-state index in [0.717, 1.165) is 0 Å². The number of ether oxygens (including phenoxy) is 1. The Morgan fingerprint density at radius 3 is 1.57 bits per heavy atom. The fourth-order valence-corrected chi connectivity index (χ4v) is 3.88. The Hall–Kier alpha value is 5.53. The summed E-state index contributed by atoms with van der Waals surface area (Å²) in [5.74, 6) is 0. The molecule has 0 unspecified atom stereocenters. The molecule has 0 spiro atoms. The second-order valence-electron chi connectivity index (χ2n) is 1.49. The van der Waals surface area contributed by atoms with Crippen molar-refractivity contribution in [3.63, 3.8) is 0 Å². The van der Waals surface area contributed by atoms with Gasteiger partial charge in [0.2, 0.25) is 0 Å². The molecule has 1 aliphatic rings. The number of rotatable bonds is 0. The van der Waals surface area contributed by atoms with Gasteiger partial charge in [-0.1, -0.05) is 0 Å². The average Bonchev–Trinajstić information content (AvgIpc) is 1.84. The van der Waals surface area contributed by atoms with Crippen molar-refractivity contribution in [2.45, 2.75) is 0 Å². The molecule has 0 atom stereocenters. The van der Waals surface area contributed by atoms with Gasteiger partial charge < -0.3 is 13.0 Å². The first-order chi connectivity index (χ1) is 4.79. The van der Waals surface area contributed by atoms with Gasteiger partial charge in [0, 0.05) is 131 Å². The van der Waals surface area contributed by atoms with Gasteiger partial charge in [0.15, 0.2) is 0 Å². The molecule has 8 radical (unpaired) electrons. The molecule has 0 bridgehead atoms.